The van der Waals surface area contributed by atoms with Crippen LogP contribution in [0.4, 0.5) is 10.2 Å². The van der Waals surface area contributed by atoms with Gasteiger partial charge >= 0.3 is 0 Å². The molecule has 0 bridgehead atoms. The number of thioether (sulfide) groups is 1. The second-order valence-corrected chi connectivity index (χ2v) is 5.07. The molecule has 1 aliphatic rings. The van der Waals surface area contributed by atoms with Crippen molar-refractivity contribution in [3.63, 3.8) is 0 Å². The van der Waals surface area contributed by atoms with Gasteiger partial charge in [0, 0.05) is 18.8 Å². The molecule has 0 saturated carbocycles. The maximum Gasteiger partial charge on any atom is 0.257 e. The Hall–Kier alpha value is -1.30. The minimum atomic E-state index is -0.535. The molecule has 2 heterocycles. The summed E-state index contributed by atoms with van der Waals surface area (Å²) >= 11 is 1.82. The van der Waals surface area contributed by atoms with Gasteiger partial charge in [0.1, 0.15) is 11.6 Å². The lowest BCUT2D eigenvalue weighted by Gasteiger charge is -2.20. The van der Waals surface area contributed by atoms with E-state index in [1.54, 1.807) is 4.90 Å². The van der Waals surface area contributed by atoms with Gasteiger partial charge in [-0.3, -0.25) is 4.79 Å². The lowest BCUT2D eigenvalue weighted by Crippen LogP contribution is -2.33. The van der Waals surface area contributed by atoms with Gasteiger partial charge in [0.2, 0.25) is 0 Å². The number of amides is 1. The van der Waals surface area contributed by atoms with Gasteiger partial charge in [-0.1, -0.05) is 0 Å². The molecule has 0 radical (unpaired) electrons. The van der Waals surface area contributed by atoms with Gasteiger partial charge in [-0.05, 0) is 18.2 Å². The second-order valence-electron chi connectivity index (χ2n) is 3.84. The molecular weight excluding hydrogens is 241 g/mol. The van der Waals surface area contributed by atoms with Crippen molar-refractivity contribution in [2.24, 2.45) is 0 Å². The topological polar surface area (TPSA) is 59.2 Å². The van der Waals surface area contributed by atoms with Crippen LogP contribution >= 0.6 is 11.8 Å². The monoisotopic (exact) mass is 255 g/mol. The van der Waals surface area contributed by atoms with E-state index in [0.717, 1.165) is 30.2 Å². The van der Waals surface area contributed by atoms with Crippen LogP contribution < -0.4 is 5.73 Å². The number of hydrogen-bond acceptors (Lipinski definition) is 4. The molecule has 6 heteroatoms. The van der Waals surface area contributed by atoms with E-state index in [0.29, 0.717) is 13.1 Å². The highest BCUT2D eigenvalue weighted by atomic mass is 32.2. The van der Waals surface area contributed by atoms with E-state index in [1.807, 2.05) is 11.8 Å². The molecule has 1 aliphatic heterocycles. The first-order chi connectivity index (χ1) is 8.18. The van der Waals surface area contributed by atoms with Gasteiger partial charge in [0.25, 0.3) is 5.91 Å². The number of nitrogen functional groups attached to an aromatic ring is 1. The molecule has 2 N–H and O–H groups in total. The molecule has 1 amide bonds. The normalized spacial score (nSPS) is 16.6. The van der Waals surface area contributed by atoms with Crippen LogP contribution in [0.5, 0.6) is 0 Å². The second kappa shape index (κ2) is 5.35. The van der Waals surface area contributed by atoms with Crippen LogP contribution in [0.2, 0.25) is 0 Å². The molecule has 1 saturated heterocycles. The van der Waals surface area contributed by atoms with Gasteiger partial charge in [0.15, 0.2) is 0 Å². The molecule has 0 aliphatic carbocycles. The summed E-state index contributed by atoms with van der Waals surface area (Å²) < 4.78 is 13.1. The van der Waals surface area contributed by atoms with E-state index in [2.05, 4.69) is 4.98 Å². The van der Waals surface area contributed by atoms with Gasteiger partial charge in [-0.2, -0.15) is 11.8 Å². The number of carbonyl (C=O) groups is 1. The lowest BCUT2D eigenvalue weighted by molar-refractivity contribution is 0.0768. The molecule has 0 aromatic carbocycles. The molecule has 4 nitrogen and oxygen atoms in total. The van der Waals surface area contributed by atoms with Crippen LogP contribution in [0.1, 0.15) is 16.8 Å². The zero-order valence-electron chi connectivity index (χ0n) is 9.36. The first-order valence-corrected chi connectivity index (χ1v) is 6.62. The molecule has 1 aromatic rings. The highest BCUT2D eigenvalue weighted by molar-refractivity contribution is 7.99. The van der Waals surface area contributed by atoms with Crippen molar-refractivity contribution in [1.82, 2.24) is 9.88 Å². The number of aromatic nitrogens is 1. The lowest BCUT2D eigenvalue weighted by atomic mass is 10.2. The minimum absolute atomic E-state index is 0.0910. The fourth-order valence-electron chi connectivity index (χ4n) is 1.74. The van der Waals surface area contributed by atoms with Crippen molar-refractivity contribution in [2.75, 3.05) is 30.3 Å². The third kappa shape index (κ3) is 2.88. The Bertz CT molecular complexity index is 419. The third-order valence-electron chi connectivity index (χ3n) is 2.63. The number of nitrogens with zero attached hydrogens (tertiary/aromatic N) is 2. The Morgan fingerprint density at radius 1 is 1.47 bits per heavy atom. The van der Waals surface area contributed by atoms with Crippen LogP contribution in [0, 0.1) is 5.82 Å². The standard InChI is InChI=1S/C11H14FN3OS/c12-8-6-9(10(13)14-7-8)11(16)15-2-1-4-17-5-3-15/h6-7H,1-5H2,(H2,13,14). The number of halogens is 1. The minimum Gasteiger partial charge on any atom is -0.383 e. The van der Waals surface area contributed by atoms with Gasteiger partial charge < -0.3 is 10.6 Å². The number of rotatable bonds is 1. The highest BCUT2D eigenvalue weighted by Gasteiger charge is 2.20. The van der Waals surface area contributed by atoms with Gasteiger partial charge in [-0.15, -0.1) is 0 Å². The average molecular weight is 255 g/mol. The SMILES string of the molecule is Nc1ncc(F)cc1C(=O)N1CCCSCC1. The van der Waals surface area contributed by atoms with E-state index in [9.17, 15) is 9.18 Å². The third-order valence-corrected chi connectivity index (χ3v) is 3.67. The number of anilines is 1. The Morgan fingerprint density at radius 3 is 3.12 bits per heavy atom. The maximum absolute atomic E-state index is 13.1. The molecule has 0 unspecified atom stereocenters. The Balaban J connectivity index is 2.20. The summed E-state index contributed by atoms with van der Waals surface area (Å²) in [5.74, 6) is 1.30. The Labute approximate surface area is 103 Å². The van der Waals surface area contributed by atoms with Crippen molar-refractivity contribution in [2.45, 2.75) is 6.42 Å². The van der Waals surface area contributed by atoms with E-state index in [4.69, 9.17) is 5.73 Å². The zero-order valence-corrected chi connectivity index (χ0v) is 10.2. The van der Waals surface area contributed by atoms with Crippen molar-refractivity contribution < 1.29 is 9.18 Å². The summed E-state index contributed by atoms with van der Waals surface area (Å²) in [7, 11) is 0. The van der Waals surface area contributed by atoms with Crippen molar-refractivity contribution in [3.8, 4) is 0 Å². The summed E-state index contributed by atoms with van der Waals surface area (Å²) in [5.41, 5.74) is 5.77. The highest BCUT2D eigenvalue weighted by Crippen LogP contribution is 2.16. The fraction of sp³-hybridized carbons (Fsp3) is 0.455. The Morgan fingerprint density at radius 2 is 2.29 bits per heavy atom. The van der Waals surface area contributed by atoms with Crippen molar-refractivity contribution >= 4 is 23.5 Å². The van der Waals surface area contributed by atoms with E-state index in [1.165, 1.54) is 0 Å². The average Bonchev–Trinajstić information content (AvgIpc) is 2.60. The molecule has 1 aromatic heterocycles. The molecule has 0 atom stereocenters. The Kier molecular flexibility index (Phi) is 3.83. The predicted octanol–water partition coefficient (Wildman–Crippen LogP) is 1.38. The quantitative estimate of drug-likeness (QED) is 0.823. The first kappa shape index (κ1) is 12.2. The van der Waals surface area contributed by atoms with Crippen LogP contribution in [0.15, 0.2) is 12.3 Å². The fourth-order valence-corrected chi connectivity index (χ4v) is 2.63. The van der Waals surface area contributed by atoms with E-state index in [-0.39, 0.29) is 17.3 Å². The van der Waals surface area contributed by atoms with Gasteiger partial charge in [-0.25, -0.2) is 9.37 Å². The van der Waals surface area contributed by atoms with Crippen LogP contribution in [-0.4, -0.2) is 40.4 Å². The predicted molar refractivity (Wildman–Crippen MR) is 66.5 cm³/mol. The molecule has 92 valence electrons. The summed E-state index contributed by atoms with van der Waals surface area (Å²) in [6, 6.07) is 1.16. The first-order valence-electron chi connectivity index (χ1n) is 5.46. The van der Waals surface area contributed by atoms with Gasteiger partial charge in [0.05, 0.1) is 11.8 Å². The largest absolute Gasteiger partial charge is 0.383 e. The smallest absolute Gasteiger partial charge is 0.257 e. The zero-order chi connectivity index (χ0) is 12.3. The summed E-state index contributed by atoms with van der Waals surface area (Å²) in [5, 5.41) is 0. The van der Waals surface area contributed by atoms with Crippen LogP contribution in [0.3, 0.4) is 0 Å². The van der Waals surface area contributed by atoms with Crippen LogP contribution in [0.25, 0.3) is 0 Å². The number of hydrogen-bond donors (Lipinski definition) is 1. The number of nitrogens with two attached hydrogens (primary N) is 1. The van der Waals surface area contributed by atoms with Crippen molar-refractivity contribution in [1.29, 1.82) is 0 Å². The van der Waals surface area contributed by atoms with Crippen LogP contribution in [-0.2, 0) is 0 Å². The summed E-state index contributed by atoms with van der Waals surface area (Å²) in [6.07, 6.45) is 1.98. The van der Waals surface area contributed by atoms with E-state index >= 15 is 0 Å². The molecule has 0 spiro atoms. The van der Waals surface area contributed by atoms with E-state index < -0.39 is 5.82 Å². The maximum atomic E-state index is 13.1. The summed E-state index contributed by atoms with van der Waals surface area (Å²) in [4.78, 5) is 17.5. The van der Waals surface area contributed by atoms with Crippen molar-refractivity contribution in [3.05, 3.63) is 23.6 Å². The molecule has 1 fully saturated rings. The molecule has 17 heavy (non-hydrogen) atoms. The number of pyridine rings is 1. The molecule has 2 rings (SSSR count). The number of carbonyl (C=O) groups excluding carboxylic acids is 1. The molecular formula is C11H14FN3OS. The summed E-state index contributed by atoms with van der Waals surface area (Å²) in [6.45, 7) is 1.38.